The summed E-state index contributed by atoms with van der Waals surface area (Å²) in [5, 5.41) is 0. The molecule has 0 spiro atoms. The van der Waals surface area contributed by atoms with Crippen molar-refractivity contribution < 1.29 is 18.7 Å². The predicted molar refractivity (Wildman–Crippen MR) is 119 cm³/mol. The molecule has 0 bridgehead atoms. The summed E-state index contributed by atoms with van der Waals surface area (Å²) in [7, 11) is 1.64. The van der Waals surface area contributed by atoms with E-state index in [9.17, 15) is 4.79 Å². The number of furan rings is 1. The minimum atomic E-state index is -0.119. The Balaban J connectivity index is 1.46. The lowest BCUT2D eigenvalue weighted by atomic mass is 10.2. The topological polar surface area (TPSA) is 68.0 Å². The van der Waals surface area contributed by atoms with E-state index in [1.165, 1.54) is 0 Å². The highest BCUT2D eigenvalue weighted by molar-refractivity contribution is 5.78. The van der Waals surface area contributed by atoms with Crippen molar-refractivity contribution in [2.45, 2.75) is 32.4 Å². The average Bonchev–Trinajstić information content (AvgIpc) is 3.19. The Morgan fingerprint density at radius 3 is 2.56 bits per heavy atom. The molecule has 1 aliphatic rings. The smallest absolute Gasteiger partial charge is 0.237 e. The summed E-state index contributed by atoms with van der Waals surface area (Å²) in [4.78, 5) is 21.2. The third-order valence-electron chi connectivity index (χ3n) is 5.41. The van der Waals surface area contributed by atoms with Gasteiger partial charge in [0.05, 0.1) is 25.8 Å². The molecule has 1 fully saturated rings. The van der Waals surface area contributed by atoms with Gasteiger partial charge in [-0.25, -0.2) is 0 Å². The molecule has 7 heteroatoms. The first kappa shape index (κ1) is 22.2. The highest BCUT2D eigenvalue weighted by Gasteiger charge is 2.29. The van der Waals surface area contributed by atoms with Gasteiger partial charge in [-0.2, -0.15) is 0 Å². The lowest BCUT2D eigenvalue weighted by Crippen LogP contribution is -2.37. The summed E-state index contributed by atoms with van der Waals surface area (Å²) in [6, 6.07) is 17.8. The van der Waals surface area contributed by atoms with Crippen LogP contribution in [-0.2, 0) is 40.6 Å². The number of pyridine rings is 1. The molecule has 0 radical (unpaired) electrons. The molecule has 0 unspecified atom stereocenters. The van der Waals surface area contributed by atoms with Crippen molar-refractivity contribution in [1.82, 2.24) is 14.8 Å². The van der Waals surface area contributed by atoms with Crippen molar-refractivity contribution in [3.8, 4) is 0 Å². The van der Waals surface area contributed by atoms with Gasteiger partial charge in [-0.1, -0.05) is 36.4 Å². The molecule has 1 aromatic carbocycles. The first-order chi connectivity index (χ1) is 15.7. The lowest BCUT2D eigenvalue weighted by Gasteiger charge is -2.25. The molecule has 0 aliphatic carbocycles. The molecular weight excluding hydrogens is 406 g/mol. The zero-order valence-electron chi connectivity index (χ0n) is 18.4. The Morgan fingerprint density at radius 1 is 0.969 bits per heavy atom. The van der Waals surface area contributed by atoms with Gasteiger partial charge in [-0.15, -0.1) is 0 Å². The molecule has 3 heterocycles. The van der Waals surface area contributed by atoms with Crippen molar-refractivity contribution in [3.63, 3.8) is 0 Å². The Bertz CT molecular complexity index is 977. The van der Waals surface area contributed by atoms with Crippen LogP contribution in [0.1, 0.15) is 22.6 Å². The van der Waals surface area contributed by atoms with Crippen LogP contribution in [0.2, 0.25) is 0 Å². The molecule has 2 aromatic heterocycles. The van der Waals surface area contributed by atoms with Gasteiger partial charge in [0.25, 0.3) is 0 Å². The van der Waals surface area contributed by atoms with Gasteiger partial charge in [0, 0.05) is 39.1 Å². The van der Waals surface area contributed by atoms with Crippen LogP contribution < -0.4 is 0 Å². The number of nitrogens with zero attached hydrogens (tertiary/aromatic N) is 3. The van der Waals surface area contributed by atoms with E-state index in [1.807, 2.05) is 59.5 Å². The number of carbonyl (C=O) groups is 1. The van der Waals surface area contributed by atoms with Gasteiger partial charge >= 0.3 is 0 Å². The van der Waals surface area contributed by atoms with Crippen LogP contribution in [0.4, 0.5) is 0 Å². The average molecular weight is 436 g/mol. The van der Waals surface area contributed by atoms with Gasteiger partial charge in [-0.05, 0) is 29.3 Å². The molecule has 0 saturated carbocycles. The lowest BCUT2D eigenvalue weighted by molar-refractivity contribution is -0.132. The fourth-order valence-corrected chi connectivity index (χ4v) is 3.88. The Labute approximate surface area is 188 Å². The number of hydrogen-bond donors (Lipinski definition) is 0. The van der Waals surface area contributed by atoms with Gasteiger partial charge in [0.1, 0.15) is 18.1 Å². The molecule has 3 aromatic rings. The van der Waals surface area contributed by atoms with Crippen LogP contribution >= 0.6 is 0 Å². The van der Waals surface area contributed by atoms with Crippen molar-refractivity contribution in [2.75, 3.05) is 26.7 Å². The second-order valence-corrected chi connectivity index (χ2v) is 8.02. The van der Waals surface area contributed by atoms with E-state index in [-0.39, 0.29) is 12.0 Å². The van der Waals surface area contributed by atoms with Gasteiger partial charge in [0.15, 0.2) is 0 Å². The summed E-state index contributed by atoms with van der Waals surface area (Å²) in [6.07, 6.45) is 3.42. The SMILES string of the molecule is COCc1ccc(CN2CC(=O)N(Cc3cccnc3)C[C@H](OCc3ccccc3)C2)o1. The molecule has 7 nitrogen and oxygen atoms in total. The fraction of sp³-hybridized carbons (Fsp3) is 0.360. The quantitative estimate of drug-likeness (QED) is 0.514. The number of carbonyl (C=O) groups excluding carboxylic acids is 1. The van der Waals surface area contributed by atoms with Crippen LogP contribution in [0.15, 0.2) is 71.4 Å². The van der Waals surface area contributed by atoms with Gasteiger partial charge in [-0.3, -0.25) is 14.7 Å². The summed E-state index contributed by atoms with van der Waals surface area (Å²) >= 11 is 0. The number of rotatable bonds is 9. The van der Waals surface area contributed by atoms with Crippen LogP contribution in [0.3, 0.4) is 0 Å². The number of methoxy groups -OCH3 is 1. The van der Waals surface area contributed by atoms with Crippen molar-refractivity contribution >= 4 is 5.91 Å². The second kappa shape index (κ2) is 11.0. The largest absolute Gasteiger partial charge is 0.462 e. The summed E-state index contributed by atoms with van der Waals surface area (Å²) in [6.45, 7) is 3.48. The van der Waals surface area contributed by atoms with E-state index in [0.717, 1.165) is 22.6 Å². The molecule has 32 heavy (non-hydrogen) atoms. The van der Waals surface area contributed by atoms with E-state index in [0.29, 0.717) is 45.9 Å². The summed E-state index contributed by atoms with van der Waals surface area (Å²) in [5.41, 5.74) is 2.12. The summed E-state index contributed by atoms with van der Waals surface area (Å²) in [5.74, 6) is 1.66. The Hall–Kier alpha value is -3.00. The fourth-order valence-electron chi connectivity index (χ4n) is 3.88. The van der Waals surface area contributed by atoms with Crippen LogP contribution in [0.25, 0.3) is 0 Å². The Morgan fingerprint density at radius 2 is 1.78 bits per heavy atom. The molecule has 168 valence electrons. The number of amides is 1. The first-order valence-corrected chi connectivity index (χ1v) is 10.8. The normalized spacial score (nSPS) is 17.5. The minimum absolute atomic E-state index is 0.0725. The number of benzene rings is 1. The highest BCUT2D eigenvalue weighted by Crippen LogP contribution is 2.17. The highest BCUT2D eigenvalue weighted by atomic mass is 16.5. The third kappa shape index (κ3) is 6.26. The monoisotopic (exact) mass is 435 g/mol. The molecule has 4 rings (SSSR count). The molecule has 1 atom stereocenters. The van der Waals surface area contributed by atoms with E-state index >= 15 is 0 Å². The third-order valence-corrected chi connectivity index (χ3v) is 5.41. The van der Waals surface area contributed by atoms with Crippen molar-refractivity contribution in [1.29, 1.82) is 0 Å². The zero-order valence-corrected chi connectivity index (χ0v) is 18.4. The maximum Gasteiger partial charge on any atom is 0.237 e. The molecule has 1 aliphatic heterocycles. The number of ether oxygens (including phenoxy) is 2. The standard InChI is InChI=1S/C25H29N3O4/c1-30-19-23-10-9-22(32-23)14-27-15-24(31-18-20-6-3-2-4-7-20)16-28(25(29)17-27)13-21-8-5-11-26-12-21/h2-12,24H,13-19H2,1H3/t24-/m1/s1. The van der Waals surface area contributed by atoms with Crippen LogP contribution in [-0.4, -0.2) is 53.5 Å². The van der Waals surface area contributed by atoms with Gasteiger partial charge in [0.2, 0.25) is 5.91 Å². The predicted octanol–water partition coefficient (Wildman–Crippen LogP) is 3.25. The molecule has 0 N–H and O–H groups in total. The van der Waals surface area contributed by atoms with Crippen LogP contribution in [0, 0.1) is 0 Å². The maximum absolute atomic E-state index is 13.1. The molecule has 1 saturated heterocycles. The van der Waals surface area contributed by atoms with E-state index in [1.54, 1.807) is 19.5 Å². The molecule has 1 amide bonds. The van der Waals surface area contributed by atoms with E-state index in [2.05, 4.69) is 9.88 Å². The van der Waals surface area contributed by atoms with Crippen molar-refractivity contribution in [3.05, 3.63) is 89.6 Å². The van der Waals surface area contributed by atoms with Gasteiger partial charge < -0.3 is 18.8 Å². The zero-order chi connectivity index (χ0) is 22.2. The number of hydrogen-bond acceptors (Lipinski definition) is 6. The maximum atomic E-state index is 13.1. The van der Waals surface area contributed by atoms with Crippen LogP contribution in [0.5, 0.6) is 0 Å². The first-order valence-electron chi connectivity index (χ1n) is 10.8. The van der Waals surface area contributed by atoms with Crippen molar-refractivity contribution in [2.24, 2.45) is 0 Å². The van der Waals surface area contributed by atoms with E-state index in [4.69, 9.17) is 13.9 Å². The molecular formula is C25H29N3O4. The van der Waals surface area contributed by atoms with E-state index < -0.39 is 0 Å². The summed E-state index contributed by atoms with van der Waals surface area (Å²) < 4.78 is 17.3. The minimum Gasteiger partial charge on any atom is -0.462 e. The second-order valence-electron chi connectivity index (χ2n) is 8.02. The number of aromatic nitrogens is 1. The Kier molecular flexibility index (Phi) is 7.66.